The van der Waals surface area contributed by atoms with E-state index in [1.807, 2.05) is 13.8 Å². The van der Waals surface area contributed by atoms with Crippen LogP contribution < -0.4 is 11.1 Å². The van der Waals surface area contributed by atoms with Crippen LogP contribution in [0, 0.1) is 5.82 Å². The van der Waals surface area contributed by atoms with E-state index in [0.717, 1.165) is 24.9 Å². The Morgan fingerprint density at radius 2 is 2.10 bits per heavy atom. The average Bonchev–Trinajstić information content (AvgIpc) is 2.86. The molecule has 3 N–H and O–H groups in total. The van der Waals surface area contributed by atoms with Crippen LogP contribution in [0.5, 0.6) is 0 Å². The number of nitrogens with two attached hydrogens (primary N) is 1. The summed E-state index contributed by atoms with van der Waals surface area (Å²) in [5, 5.41) is 2.92. The molecule has 4 nitrogen and oxygen atoms in total. The average molecular weight is 293 g/mol. The monoisotopic (exact) mass is 293 g/mol. The molecule has 1 aromatic rings. The number of carbonyl (C=O) groups is 1. The van der Waals surface area contributed by atoms with Crippen LogP contribution in [0.1, 0.15) is 32.3 Å². The number of nitrogens with zero attached hydrogens (tertiary/aromatic N) is 1. The van der Waals surface area contributed by atoms with Crippen molar-refractivity contribution in [2.75, 3.05) is 13.1 Å². The van der Waals surface area contributed by atoms with E-state index in [2.05, 4.69) is 10.2 Å². The Balaban J connectivity index is 1.93. The number of carbonyl (C=O) groups excluding carboxylic acids is 1. The fourth-order valence-corrected chi connectivity index (χ4v) is 2.57. The molecule has 116 valence electrons. The van der Waals surface area contributed by atoms with Gasteiger partial charge in [-0.1, -0.05) is 12.1 Å². The number of hydrogen-bond acceptors (Lipinski definition) is 3. The summed E-state index contributed by atoms with van der Waals surface area (Å²) in [5.41, 5.74) is 6.51. The van der Waals surface area contributed by atoms with E-state index in [0.29, 0.717) is 13.1 Å². The second-order valence-corrected chi connectivity index (χ2v) is 6.46. The fourth-order valence-electron chi connectivity index (χ4n) is 2.57. The van der Waals surface area contributed by atoms with E-state index in [-0.39, 0.29) is 17.8 Å². The number of halogens is 1. The van der Waals surface area contributed by atoms with Gasteiger partial charge in [-0.2, -0.15) is 0 Å². The summed E-state index contributed by atoms with van der Waals surface area (Å²) in [6, 6.07) is 6.34. The normalized spacial score (nSPS) is 19.7. The lowest BCUT2D eigenvalue weighted by atomic mass is 10.1. The van der Waals surface area contributed by atoms with Crippen LogP contribution in [0.3, 0.4) is 0 Å². The molecule has 1 amide bonds. The van der Waals surface area contributed by atoms with Gasteiger partial charge in [-0.3, -0.25) is 9.69 Å². The van der Waals surface area contributed by atoms with Crippen LogP contribution in [0.15, 0.2) is 24.3 Å². The molecule has 0 aliphatic carbocycles. The Kier molecular flexibility index (Phi) is 4.96. The zero-order valence-electron chi connectivity index (χ0n) is 12.7. The second-order valence-electron chi connectivity index (χ2n) is 6.46. The van der Waals surface area contributed by atoms with Crippen LogP contribution in [0.2, 0.25) is 0 Å². The molecule has 1 aliphatic rings. The quantitative estimate of drug-likeness (QED) is 0.868. The molecule has 1 aliphatic heterocycles. The van der Waals surface area contributed by atoms with Crippen molar-refractivity contribution in [2.45, 2.75) is 44.8 Å². The van der Waals surface area contributed by atoms with Crippen LogP contribution in [-0.4, -0.2) is 35.5 Å². The highest BCUT2D eigenvalue weighted by atomic mass is 19.1. The first-order valence-electron chi connectivity index (χ1n) is 7.40. The van der Waals surface area contributed by atoms with Crippen molar-refractivity contribution in [1.82, 2.24) is 10.2 Å². The largest absolute Gasteiger partial charge is 0.353 e. The molecule has 0 saturated carbocycles. The minimum atomic E-state index is -0.407. The third-order valence-electron chi connectivity index (χ3n) is 3.68. The molecular weight excluding hydrogens is 269 g/mol. The lowest BCUT2D eigenvalue weighted by molar-refractivity contribution is -0.125. The van der Waals surface area contributed by atoms with Crippen LogP contribution in [0.25, 0.3) is 0 Å². The van der Waals surface area contributed by atoms with Crippen molar-refractivity contribution in [3.63, 3.8) is 0 Å². The minimum absolute atomic E-state index is 0.0353. The fraction of sp³-hybridized carbons (Fsp3) is 0.562. The summed E-state index contributed by atoms with van der Waals surface area (Å²) in [6.45, 7) is 5.80. The molecule has 0 bridgehead atoms. The first-order chi connectivity index (χ1) is 9.85. The topological polar surface area (TPSA) is 58.4 Å². The molecule has 1 atom stereocenters. The van der Waals surface area contributed by atoms with Crippen molar-refractivity contribution >= 4 is 5.91 Å². The Hall–Kier alpha value is -1.46. The molecule has 1 saturated heterocycles. The smallest absolute Gasteiger partial charge is 0.237 e. The minimum Gasteiger partial charge on any atom is -0.353 e. The van der Waals surface area contributed by atoms with Gasteiger partial charge in [-0.25, -0.2) is 4.39 Å². The van der Waals surface area contributed by atoms with Crippen molar-refractivity contribution in [3.8, 4) is 0 Å². The SMILES string of the molecule is CC(C)(N)CNC(=O)C1CCCN1Cc1ccc(F)cc1. The summed E-state index contributed by atoms with van der Waals surface area (Å²) in [4.78, 5) is 14.4. The molecule has 5 heteroatoms. The number of hydrogen-bond donors (Lipinski definition) is 2. The summed E-state index contributed by atoms with van der Waals surface area (Å²) in [6.07, 6.45) is 1.86. The molecule has 2 rings (SSSR count). The number of nitrogens with one attached hydrogen (secondary N) is 1. The van der Waals surface area contributed by atoms with Crippen LogP contribution >= 0.6 is 0 Å². The third-order valence-corrected chi connectivity index (χ3v) is 3.68. The highest BCUT2D eigenvalue weighted by Crippen LogP contribution is 2.20. The number of benzene rings is 1. The maximum absolute atomic E-state index is 12.9. The molecule has 1 fully saturated rings. The molecule has 0 aromatic heterocycles. The Morgan fingerprint density at radius 1 is 1.43 bits per heavy atom. The lowest BCUT2D eigenvalue weighted by Gasteiger charge is -2.26. The summed E-state index contributed by atoms with van der Waals surface area (Å²) < 4.78 is 12.9. The van der Waals surface area contributed by atoms with E-state index in [1.165, 1.54) is 12.1 Å². The van der Waals surface area contributed by atoms with E-state index in [4.69, 9.17) is 5.73 Å². The standard InChI is InChI=1S/C16H24FN3O/c1-16(2,18)11-19-15(21)14-4-3-9-20(14)10-12-5-7-13(17)8-6-12/h5-8,14H,3-4,9-11,18H2,1-2H3,(H,19,21). The first kappa shape index (κ1) is 15.9. The van der Waals surface area contributed by atoms with Crippen molar-refractivity contribution in [2.24, 2.45) is 5.73 Å². The number of rotatable bonds is 5. The molecule has 0 spiro atoms. The maximum atomic E-state index is 12.9. The molecular formula is C16H24FN3O. The Morgan fingerprint density at radius 3 is 2.71 bits per heavy atom. The van der Waals surface area contributed by atoms with E-state index < -0.39 is 5.54 Å². The second kappa shape index (κ2) is 6.54. The van der Waals surface area contributed by atoms with E-state index in [9.17, 15) is 9.18 Å². The summed E-state index contributed by atoms with van der Waals surface area (Å²) in [5.74, 6) is -0.201. The lowest BCUT2D eigenvalue weighted by Crippen LogP contribution is -2.50. The predicted octanol–water partition coefficient (Wildman–Crippen LogP) is 1.64. The molecule has 21 heavy (non-hydrogen) atoms. The van der Waals surface area contributed by atoms with E-state index in [1.54, 1.807) is 12.1 Å². The van der Waals surface area contributed by atoms with E-state index >= 15 is 0 Å². The summed E-state index contributed by atoms with van der Waals surface area (Å²) in [7, 11) is 0. The number of amides is 1. The molecule has 1 unspecified atom stereocenters. The molecule has 0 radical (unpaired) electrons. The van der Waals surface area contributed by atoms with Gasteiger partial charge in [0.05, 0.1) is 6.04 Å². The first-order valence-corrected chi connectivity index (χ1v) is 7.40. The predicted molar refractivity (Wildman–Crippen MR) is 81.1 cm³/mol. The number of likely N-dealkylation sites (tertiary alicyclic amines) is 1. The van der Waals surface area contributed by atoms with Crippen LogP contribution in [-0.2, 0) is 11.3 Å². The van der Waals surface area contributed by atoms with Crippen molar-refractivity contribution in [1.29, 1.82) is 0 Å². The zero-order chi connectivity index (χ0) is 15.5. The highest BCUT2D eigenvalue weighted by Gasteiger charge is 2.31. The van der Waals surface area contributed by atoms with Gasteiger partial charge in [-0.15, -0.1) is 0 Å². The van der Waals surface area contributed by atoms with Crippen LogP contribution in [0.4, 0.5) is 4.39 Å². The Bertz CT molecular complexity index is 481. The van der Waals surface area contributed by atoms with Gasteiger partial charge in [0.25, 0.3) is 0 Å². The van der Waals surface area contributed by atoms with Crippen molar-refractivity contribution in [3.05, 3.63) is 35.6 Å². The van der Waals surface area contributed by atoms with Gasteiger partial charge < -0.3 is 11.1 Å². The third kappa shape index (κ3) is 4.79. The van der Waals surface area contributed by atoms with Gasteiger partial charge in [0.2, 0.25) is 5.91 Å². The molecule has 1 heterocycles. The van der Waals surface area contributed by atoms with Crippen molar-refractivity contribution < 1.29 is 9.18 Å². The zero-order valence-corrected chi connectivity index (χ0v) is 12.7. The van der Waals surface area contributed by atoms with Gasteiger partial charge >= 0.3 is 0 Å². The Labute approximate surface area is 125 Å². The highest BCUT2D eigenvalue weighted by molar-refractivity contribution is 5.82. The van der Waals surface area contributed by atoms with Gasteiger partial charge in [0.1, 0.15) is 5.82 Å². The van der Waals surface area contributed by atoms with Gasteiger partial charge in [0.15, 0.2) is 0 Å². The van der Waals surface area contributed by atoms with Gasteiger partial charge in [-0.05, 0) is 50.9 Å². The summed E-state index contributed by atoms with van der Waals surface area (Å²) >= 11 is 0. The maximum Gasteiger partial charge on any atom is 0.237 e. The molecule has 1 aromatic carbocycles. The van der Waals surface area contributed by atoms with Gasteiger partial charge in [0, 0.05) is 18.6 Å².